The first-order valence-electron chi connectivity index (χ1n) is 8.07. The van der Waals surface area contributed by atoms with E-state index in [2.05, 4.69) is 34.4 Å². The molecule has 132 valence electrons. The molecule has 0 spiro atoms. The normalized spacial score (nSPS) is 12.7. The fraction of sp³-hybridized carbons (Fsp3) is 0.588. The third-order valence-electron chi connectivity index (χ3n) is 3.85. The highest BCUT2D eigenvalue weighted by atomic mass is 127. The third-order valence-corrected chi connectivity index (χ3v) is 3.85. The standard InChI is InChI=1S/C17H30N4O.HI/c1-4-21(5-2)12-11-19-17(18-3)20-13-16(14-22)15-9-7-6-8-10-15;/h6-10,16,22H,4-5,11-14H2,1-3H3,(H2,18,19,20);1H. The molecule has 0 saturated carbocycles. The lowest BCUT2D eigenvalue weighted by molar-refractivity contribution is 0.265. The quantitative estimate of drug-likeness (QED) is 0.316. The second-order valence-electron chi connectivity index (χ2n) is 5.20. The van der Waals surface area contributed by atoms with Gasteiger partial charge in [-0.3, -0.25) is 4.99 Å². The molecule has 1 atom stereocenters. The largest absolute Gasteiger partial charge is 0.396 e. The second kappa shape index (κ2) is 13.6. The van der Waals surface area contributed by atoms with E-state index < -0.39 is 0 Å². The van der Waals surface area contributed by atoms with Gasteiger partial charge in [0.1, 0.15) is 0 Å². The van der Waals surface area contributed by atoms with Crippen LogP contribution in [0.1, 0.15) is 25.3 Å². The van der Waals surface area contributed by atoms with Crippen LogP contribution in [0.4, 0.5) is 0 Å². The molecule has 0 bridgehead atoms. The molecule has 0 heterocycles. The number of likely N-dealkylation sites (N-methyl/N-ethyl adjacent to an activating group) is 1. The molecule has 0 amide bonds. The van der Waals surface area contributed by atoms with Crippen molar-refractivity contribution in [3.63, 3.8) is 0 Å². The molecule has 0 fully saturated rings. The minimum Gasteiger partial charge on any atom is -0.396 e. The molecule has 5 nitrogen and oxygen atoms in total. The predicted molar refractivity (Wildman–Crippen MR) is 109 cm³/mol. The van der Waals surface area contributed by atoms with Gasteiger partial charge >= 0.3 is 0 Å². The average molecular weight is 434 g/mol. The minimum atomic E-state index is 0. The van der Waals surface area contributed by atoms with Gasteiger partial charge in [-0.05, 0) is 18.7 Å². The average Bonchev–Trinajstić information content (AvgIpc) is 2.58. The zero-order valence-electron chi connectivity index (χ0n) is 14.5. The zero-order chi connectivity index (χ0) is 16.2. The van der Waals surface area contributed by atoms with E-state index in [1.807, 2.05) is 30.3 Å². The topological polar surface area (TPSA) is 59.9 Å². The van der Waals surface area contributed by atoms with E-state index in [1.54, 1.807) is 7.05 Å². The maximum absolute atomic E-state index is 9.57. The fourth-order valence-corrected chi connectivity index (χ4v) is 2.33. The number of hydrogen-bond donors (Lipinski definition) is 3. The van der Waals surface area contributed by atoms with Crippen LogP contribution in [0.5, 0.6) is 0 Å². The summed E-state index contributed by atoms with van der Waals surface area (Å²) in [4.78, 5) is 6.59. The monoisotopic (exact) mass is 434 g/mol. The second-order valence-corrected chi connectivity index (χ2v) is 5.20. The number of rotatable bonds is 9. The molecule has 1 aromatic rings. The molecule has 0 aromatic heterocycles. The van der Waals surface area contributed by atoms with Gasteiger partial charge in [-0.1, -0.05) is 44.2 Å². The number of halogens is 1. The number of guanidine groups is 1. The molecule has 0 aliphatic rings. The van der Waals surface area contributed by atoms with Crippen LogP contribution in [0, 0.1) is 0 Å². The van der Waals surface area contributed by atoms with Crippen molar-refractivity contribution in [2.75, 3.05) is 46.4 Å². The Hall–Kier alpha value is -0.860. The first-order valence-corrected chi connectivity index (χ1v) is 8.07. The number of nitrogens with zero attached hydrogens (tertiary/aromatic N) is 2. The summed E-state index contributed by atoms with van der Waals surface area (Å²) >= 11 is 0. The number of benzene rings is 1. The van der Waals surface area contributed by atoms with Gasteiger partial charge in [0.05, 0.1) is 6.61 Å². The van der Waals surface area contributed by atoms with E-state index in [0.717, 1.165) is 37.7 Å². The van der Waals surface area contributed by atoms with Crippen LogP contribution in [0.3, 0.4) is 0 Å². The van der Waals surface area contributed by atoms with Crippen molar-refractivity contribution in [1.29, 1.82) is 0 Å². The van der Waals surface area contributed by atoms with Crippen LogP contribution < -0.4 is 10.6 Å². The minimum absolute atomic E-state index is 0. The van der Waals surface area contributed by atoms with Crippen LogP contribution in [0.25, 0.3) is 0 Å². The van der Waals surface area contributed by atoms with E-state index in [9.17, 15) is 5.11 Å². The number of aliphatic hydroxyl groups is 1. The number of aliphatic hydroxyl groups excluding tert-OH is 1. The smallest absolute Gasteiger partial charge is 0.191 e. The number of aliphatic imine (C=N–C) groups is 1. The molecular formula is C17H31IN4O. The summed E-state index contributed by atoms with van der Waals surface area (Å²) in [6, 6.07) is 10.1. The van der Waals surface area contributed by atoms with Gasteiger partial charge < -0.3 is 20.6 Å². The van der Waals surface area contributed by atoms with Crippen molar-refractivity contribution in [1.82, 2.24) is 15.5 Å². The molecule has 23 heavy (non-hydrogen) atoms. The third kappa shape index (κ3) is 8.53. The Kier molecular flexibility index (Phi) is 13.1. The molecular weight excluding hydrogens is 403 g/mol. The molecule has 6 heteroatoms. The Morgan fingerprint density at radius 1 is 1.17 bits per heavy atom. The van der Waals surface area contributed by atoms with E-state index in [-0.39, 0.29) is 36.5 Å². The highest BCUT2D eigenvalue weighted by molar-refractivity contribution is 14.0. The van der Waals surface area contributed by atoms with Crippen molar-refractivity contribution in [3.05, 3.63) is 35.9 Å². The molecule has 0 radical (unpaired) electrons. The summed E-state index contributed by atoms with van der Waals surface area (Å²) in [5, 5.41) is 16.2. The van der Waals surface area contributed by atoms with Crippen molar-refractivity contribution < 1.29 is 5.11 Å². The molecule has 0 saturated heterocycles. The maximum Gasteiger partial charge on any atom is 0.191 e. The summed E-state index contributed by atoms with van der Waals surface area (Å²) in [6.07, 6.45) is 0. The van der Waals surface area contributed by atoms with E-state index in [0.29, 0.717) is 6.54 Å². The maximum atomic E-state index is 9.57. The number of hydrogen-bond acceptors (Lipinski definition) is 3. The van der Waals surface area contributed by atoms with Crippen molar-refractivity contribution >= 4 is 29.9 Å². The number of nitrogens with one attached hydrogen (secondary N) is 2. The van der Waals surface area contributed by atoms with Gasteiger partial charge in [0, 0.05) is 32.6 Å². The molecule has 1 unspecified atom stereocenters. The van der Waals surface area contributed by atoms with Crippen LogP contribution >= 0.6 is 24.0 Å². The van der Waals surface area contributed by atoms with Crippen LogP contribution in [-0.2, 0) is 0 Å². The van der Waals surface area contributed by atoms with Crippen LogP contribution in [-0.4, -0.2) is 62.3 Å². The first-order chi connectivity index (χ1) is 10.7. The van der Waals surface area contributed by atoms with Gasteiger partial charge in [0.15, 0.2) is 5.96 Å². The van der Waals surface area contributed by atoms with Gasteiger partial charge in [-0.2, -0.15) is 0 Å². The van der Waals surface area contributed by atoms with Crippen LogP contribution in [0.2, 0.25) is 0 Å². The van der Waals surface area contributed by atoms with Gasteiger partial charge in [-0.15, -0.1) is 24.0 Å². The summed E-state index contributed by atoms with van der Waals surface area (Å²) in [7, 11) is 1.77. The van der Waals surface area contributed by atoms with Gasteiger partial charge in [-0.25, -0.2) is 0 Å². The van der Waals surface area contributed by atoms with Gasteiger partial charge in [0.2, 0.25) is 0 Å². The van der Waals surface area contributed by atoms with Crippen molar-refractivity contribution in [3.8, 4) is 0 Å². The SMILES string of the molecule is CCN(CC)CCNC(=NC)NCC(CO)c1ccccc1.I. The molecule has 0 aliphatic heterocycles. The summed E-state index contributed by atoms with van der Waals surface area (Å²) in [5.74, 6) is 0.851. The predicted octanol–water partition coefficient (Wildman–Crippen LogP) is 1.89. The molecule has 1 aromatic carbocycles. The lowest BCUT2D eigenvalue weighted by Gasteiger charge is -2.21. The highest BCUT2D eigenvalue weighted by Gasteiger charge is 2.10. The lowest BCUT2D eigenvalue weighted by Crippen LogP contribution is -2.43. The van der Waals surface area contributed by atoms with E-state index in [4.69, 9.17) is 0 Å². The van der Waals surface area contributed by atoms with Crippen molar-refractivity contribution in [2.45, 2.75) is 19.8 Å². The first kappa shape index (κ1) is 22.1. The fourth-order valence-electron chi connectivity index (χ4n) is 2.33. The summed E-state index contributed by atoms with van der Waals surface area (Å²) < 4.78 is 0. The van der Waals surface area contributed by atoms with Crippen LogP contribution in [0.15, 0.2) is 35.3 Å². The zero-order valence-corrected chi connectivity index (χ0v) is 16.8. The Balaban J connectivity index is 0.00000484. The molecule has 1 rings (SSSR count). The Morgan fingerprint density at radius 3 is 2.35 bits per heavy atom. The van der Waals surface area contributed by atoms with Crippen molar-refractivity contribution in [2.24, 2.45) is 4.99 Å². The lowest BCUT2D eigenvalue weighted by atomic mass is 10.0. The van der Waals surface area contributed by atoms with Gasteiger partial charge in [0.25, 0.3) is 0 Å². The molecule has 3 N–H and O–H groups in total. The Morgan fingerprint density at radius 2 is 1.83 bits per heavy atom. The highest BCUT2D eigenvalue weighted by Crippen LogP contribution is 2.13. The Labute approximate surface area is 157 Å². The Bertz CT molecular complexity index is 424. The summed E-state index contributed by atoms with van der Waals surface area (Å²) in [5.41, 5.74) is 1.14. The molecule has 0 aliphatic carbocycles. The summed E-state index contributed by atoms with van der Waals surface area (Å²) in [6.45, 7) is 9.09. The van der Waals surface area contributed by atoms with E-state index >= 15 is 0 Å². The van der Waals surface area contributed by atoms with E-state index in [1.165, 1.54) is 0 Å².